The summed E-state index contributed by atoms with van der Waals surface area (Å²) in [6.45, 7) is 7.10. The van der Waals surface area contributed by atoms with Crippen LogP contribution in [0.3, 0.4) is 0 Å². The number of aliphatic imine (C=N–C) groups is 1. The van der Waals surface area contributed by atoms with Crippen molar-refractivity contribution in [2.75, 3.05) is 33.6 Å². The Bertz CT molecular complexity index is 589. The number of hydrogen-bond acceptors (Lipinski definition) is 4. The van der Waals surface area contributed by atoms with Crippen molar-refractivity contribution in [3.63, 3.8) is 0 Å². The van der Waals surface area contributed by atoms with Crippen molar-refractivity contribution in [2.24, 2.45) is 4.99 Å². The van der Waals surface area contributed by atoms with E-state index in [4.69, 9.17) is 9.47 Å². The molecule has 1 unspecified atom stereocenters. The monoisotopic (exact) mass is 483 g/mol. The first-order valence-electron chi connectivity index (χ1n) is 7.85. The molecule has 1 aromatic rings. The fraction of sp³-hybridized carbons (Fsp3) is 0.588. The van der Waals surface area contributed by atoms with Gasteiger partial charge >= 0.3 is 0 Å². The van der Waals surface area contributed by atoms with Gasteiger partial charge in [0, 0.05) is 53.1 Å². The number of hydrogen-bond donors (Lipinski definition) is 2. The molecule has 1 rings (SSSR count). The summed E-state index contributed by atoms with van der Waals surface area (Å²) in [6.07, 6.45) is 0. The Morgan fingerprint density at radius 1 is 1.20 bits per heavy atom. The molecule has 1 aromatic carbocycles. The molecule has 0 bridgehead atoms. The fourth-order valence-electron chi connectivity index (χ4n) is 1.97. The van der Waals surface area contributed by atoms with Crippen LogP contribution in [0, 0.1) is 0 Å². The van der Waals surface area contributed by atoms with Gasteiger partial charge in [0.25, 0.3) is 0 Å². The van der Waals surface area contributed by atoms with Gasteiger partial charge in [0.1, 0.15) is 11.5 Å². The minimum Gasteiger partial charge on any atom is -0.497 e. The number of nitrogens with zero attached hydrogens (tertiary/aromatic N) is 1. The molecule has 0 aliphatic heterocycles. The maximum atomic E-state index is 12.0. The normalized spacial score (nSPS) is 12.8. The van der Waals surface area contributed by atoms with E-state index in [0.29, 0.717) is 24.8 Å². The first-order chi connectivity index (χ1) is 11.3. The molecule has 0 amide bonds. The van der Waals surface area contributed by atoms with Crippen LogP contribution in [0.4, 0.5) is 0 Å². The molecule has 25 heavy (non-hydrogen) atoms. The minimum absolute atomic E-state index is 0. The smallest absolute Gasteiger partial charge is 0.191 e. The lowest BCUT2D eigenvalue weighted by molar-refractivity contribution is 0.390. The summed E-state index contributed by atoms with van der Waals surface area (Å²) in [7, 11) is 4.08. The van der Waals surface area contributed by atoms with Crippen molar-refractivity contribution in [3.05, 3.63) is 23.8 Å². The van der Waals surface area contributed by atoms with Crippen LogP contribution < -0.4 is 20.1 Å². The topological polar surface area (TPSA) is 72.0 Å². The van der Waals surface area contributed by atoms with Crippen molar-refractivity contribution < 1.29 is 13.7 Å². The zero-order valence-corrected chi connectivity index (χ0v) is 19.0. The van der Waals surface area contributed by atoms with Crippen LogP contribution in [-0.4, -0.2) is 48.5 Å². The highest BCUT2D eigenvalue weighted by atomic mass is 127. The van der Waals surface area contributed by atoms with E-state index in [-0.39, 0.29) is 28.7 Å². The van der Waals surface area contributed by atoms with Crippen LogP contribution in [0.15, 0.2) is 23.2 Å². The molecule has 144 valence electrons. The predicted molar refractivity (Wildman–Crippen MR) is 116 cm³/mol. The summed E-state index contributed by atoms with van der Waals surface area (Å²) in [6, 6.07) is 5.69. The molecule has 1 atom stereocenters. The Morgan fingerprint density at radius 2 is 1.88 bits per heavy atom. The maximum Gasteiger partial charge on any atom is 0.191 e. The Morgan fingerprint density at radius 3 is 2.40 bits per heavy atom. The van der Waals surface area contributed by atoms with Gasteiger partial charge in [-0.25, -0.2) is 0 Å². The van der Waals surface area contributed by atoms with E-state index >= 15 is 0 Å². The van der Waals surface area contributed by atoms with Gasteiger partial charge in [0.15, 0.2) is 5.96 Å². The van der Waals surface area contributed by atoms with Crippen LogP contribution in [-0.2, 0) is 17.3 Å². The van der Waals surface area contributed by atoms with E-state index in [1.807, 2.05) is 39.0 Å². The van der Waals surface area contributed by atoms with Crippen molar-refractivity contribution in [1.29, 1.82) is 0 Å². The summed E-state index contributed by atoms with van der Waals surface area (Å²) in [5.41, 5.74) is 1.000. The minimum atomic E-state index is -0.884. The summed E-state index contributed by atoms with van der Waals surface area (Å²) >= 11 is 0. The van der Waals surface area contributed by atoms with E-state index in [2.05, 4.69) is 15.6 Å². The number of methoxy groups -OCH3 is 2. The van der Waals surface area contributed by atoms with Crippen molar-refractivity contribution in [2.45, 2.75) is 32.1 Å². The highest BCUT2D eigenvalue weighted by Crippen LogP contribution is 2.24. The Balaban J connectivity index is 0.00000576. The third kappa shape index (κ3) is 8.26. The number of nitrogens with one attached hydrogen (secondary N) is 2. The molecular formula is C17H30IN3O3S. The predicted octanol–water partition coefficient (Wildman–Crippen LogP) is 2.53. The van der Waals surface area contributed by atoms with Crippen LogP contribution >= 0.6 is 24.0 Å². The van der Waals surface area contributed by atoms with E-state index in [9.17, 15) is 4.21 Å². The molecule has 0 heterocycles. The molecule has 0 saturated carbocycles. The lowest BCUT2D eigenvalue weighted by Gasteiger charge is -2.18. The Kier molecular flexibility index (Phi) is 11.1. The highest BCUT2D eigenvalue weighted by molar-refractivity contribution is 14.0. The van der Waals surface area contributed by atoms with Crippen LogP contribution in [0.1, 0.15) is 26.3 Å². The number of rotatable bonds is 7. The molecular weight excluding hydrogens is 453 g/mol. The third-order valence-corrected chi connectivity index (χ3v) is 5.37. The fourth-order valence-corrected chi connectivity index (χ4v) is 2.87. The quantitative estimate of drug-likeness (QED) is 0.355. The number of benzene rings is 1. The molecule has 0 aliphatic carbocycles. The van der Waals surface area contributed by atoms with Crippen molar-refractivity contribution in [3.8, 4) is 11.5 Å². The summed E-state index contributed by atoms with van der Waals surface area (Å²) in [5, 5.41) is 6.41. The van der Waals surface area contributed by atoms with Gasteiger partial charge in [-0.3, -0.25) is 9.20 Å². The molecule has 0 aliphatic rings. The second-order valence-corrected chi connectivity index (χ2v) is 8.52. The SMILES string of the molecule is CN=C(NCCS(=O)C(C)(C)C)NCc1ccc(OC)cc1OC.I. The second-order valence-electron chi connectivity index (χ2n) is 6.19. The first kappa shape index (κ1) is 24.0. The van der Waals surface area contributed by atoms with E-state index in [0.717, 1.165) is 17.1 Å². The molecule has 2 N–H and O–H groups in total. The number of ether oxygens (including phenoxy) is 2. The van der Waals surface area contributed by atoms with E-state index < -0.39 is 10.8 Å². The highest BCUT2D eigenvalue weighted by Gasteiger charge is 2.18. The van der Waals surface area contributed by atoms with Gasteiger partial charge in [-0.1, -0.05) is 0 Å². The van der Waals surface area contributed by atoms with E-state index in [1.165, 1.54) is 0 Å². The van der Waals surface area contributed by atoms with Gasteiger partial charge in [0.05, 0.1) is 14.2 Å². The average molecular weight is 483 g/mol. The van der Waals surface area contributed by atoms with Gasteiger partial charge in [-0.15, -0.1) is 24.0 Å². The van der Waals surface area contributed by atoms with Gasteiger partial charge in [-0.2, -0.15) is 0 Å². The lowest BCUT2D eigenvalue weighted by Crippen LogP contribution is -2.40. The maximum absolute atomic E-state index is 12.0. The summed E-state index contributed by atoms with van der Waals surface area (Å²) in [4.78, 5) is 4.18. The first-order valence-corrected chi connectivity index (χ1v) is 9.17. The Labute approximate surface area is 170 Å². The van der Waals surface area contributed by atoms with Crippen LogP contribution in [0.2, 0.25) is 0 Å². The van der Waals surface area contributed by atoms with E-state index in [1.54, 1.807) is 21.3 Å². The molecule has 0 aromatic heterocycles. The van der Waals surface area contributed by atoms with Gasteiger partial charge < -0.3 is 20.1 Å². The summed E-state index contributed by atoms with van der Waals surface area (Å²) in [5.74, 6) is 2.75. The largest absolute Gasteiger partial charge is 0.497 e. The zero-order chi connectivity index (χ0) is 18.2. The zero-order valence-electron chi connectivity index (χ0n) is 15.8. The molecule has 0 fully saturated rings. The number of halogens is 1. The standard InChI is InChI=1S/C17H29N3O3S.HI/c1-17(2,3)24(21)10-9-19-16(18-4)20-12-13-7-8-14(22-5)11-15(13)23-6;/h7-8,11H,9-10,12H2,1-6H3,(H2,18,19,20);1H. The second kappa shape index (κ2) is 11.6. The van der Waals surface area contributed by atoms with Crippen molar-refractivity contribution in [1.82, 2.24) is 10.6 Å². The molecule has 8 heteroatoms. The molecule has 6 nitrogen and oxygen atoms in total. The van der Waals surface area contributed by atoms with Crippen LogP contribution in [0.25, 0.3) is 0 Å². The lowest BCUT2D eigenvalue weighted by atomic mass is 10.2. The molecule has 0 spiro atoms. The third-order valence-electron chi connectivity index (χ3n) is 3.43. The molecule has 0 saturated heterocycles. The average Bonchev–Trinajstić information content (AvgIpc) is 2.56. The molecule has 0 radical (unpaired) electrons. The van der Waals surface area contributed by atoms with Gasteiger partial charge in [0.2, 0.25) is 0 Å². The summed E-state index contributed by atoms with van der Waals surface area (Å²) < 4.78 is 22.4. The van der Waals surface area contributed by atoms with Gasteiger partial charge in [-0.05, 0) is 32.9 Å². The van der Waals surface area contributed by atoms with Crippen LogP contribution in [0.5, 0.6) is 11.5 Å². The number of guanidine groups is 1. The van der Waals surface area contributed by atoms with Crippen molar-refractivity contribution >= 4 is 40.7 Å². The Hall–Kier alpha value is -1.03.